The van der Waals surface area contributed by atoms with Crippen molar-refractivity contribution in [1.29, 1.82) is 0 Å². The van der Waals surface area contributed by atoms with E-state index in [-0.39, 0.29) is 17.0 Å². The van der Waals surface area contributed by atoms with Gasteiger partial charge in [-0.05, 0) is 31.6 Å². The van der Waals surface area contributed by atoms with Gasteiger partial charge in [0.05, 0.1) is 18.0 Å². The molecule has 23 heavy (non-hydrogen) atoms. The van der Waals surface area contributed by atoms with Gasteiger partial charge < -0.3 is 14.4 Å². The fourth-order valence-electron chi connectivity index (χ4n) is 2.62. The summed E-state index contributed by atoms with van der Waals surface area (Å²) in [5, 5.41) is 0. The lowest BCUT2D eigenvalue weighted by molar-refractivity contribution is -0.141. The summed E-state index contributed by atoms with van der Waals surface area (Å²) in [5.41, 5.74) is 0. The van der Waals surface area contributed by atoms with E-state index in [1.165, 1.54) is 0 Å². The second kappa shape index (κ2) is 12.0. The summed E-state index contributed by atoms with van der Waals surface area (Å²) in [7, 11) is 0. The minimum atomic E-state index is -0.184. The van der Waals surface area contributed by atoms with Crippen LogP contribution in [0.2, 0.25) is 0 Å². The molecule has 1 aliphatic rings. The van der Waals surface area contributed by atoms with E-state index in [1.54, 1.807) is 0 Å². The molecule has 1 rings (SSSR count). The SMILES string of the molecule is C=CCCCN(CCC1OCCC(CC)CO1)C(=O)C(Br)CC. The number of nitrogens with zero attached hydrogens (tertiary/aromatic N) is 1. The molecule has 1 heterocycles. The van der Waals surface area contributed by atoms with Crippen LogP contribution in [0.1, 0.15) is 52.4 Å². The zero-order valence-corrected chi connectivity index (χ0v) is 16.2. The number of alkyl halides is 1. The van der Waals surface area contributed by atoms with E-state index in [2.05, 4.69) is 29.4 Å². The Morgan fingerprint density at radius 2 is 2.17 bits per heavy atom. The fourth-order valence-corrected chi connectivity index (χ4v) is 2.91. The number of unbranched alkanes of at least 4 members (excludes halogenated alkanes) is 1. The number of amides is 1. The predicted molar refractivity (Wildman–Crippen MR) is 97.7 cm³/mol. The van der Waals surface area contributed by atoms with Crippen LogP contribution in [-0.2, 0) is 14.3 Å². The van der Waals surface area contributed by atoms with E-state index in [9.17, 15) is 4.79 Å². The molecule has 0 aromatic carbocycles. The van der Waals surface area contributed by atoms with Gasteiger partial charge in [-0.3, -0.25) is 4.79 Å². The van der Waals surface area contributed by atoms with Crippen LogP contribution in [0.3, 0.4) is 0 Å². The largest absolute Gasteiger partial charge is 0.353 e. The van der Waals surface area contributed by atoms with Crippen molar-refractivity contribution in [1.82, 2.24) is 4.90 Å². The van der Waals surface area contributed by atoms with Crippen LogP contribution >= 0.6 is 15.9 Å². The smallest absolute Gasteiger partial charge is 0.236 e. The van der Waals surface area contributed by atoms with Crippen LogP contribution in [0.5, 0.6) is 0 Å². The first-order chi connectivity index (χ1) is 11.1. The Kier molecular flexibility index (Phi) is 10.8. The molecule has 1 saturated heterocycles. The average Bonchev–Trinajstić information content (AvgIpc) is 2.81. The summed E-state index contributed by atoms with van der Waals surface area (Å²) in [5.74, 6) is 0.758. The molecule has 0 bridgehead atoms. The Morgan fingerprint density at radius 1 is 1.39 bits per heavy atom. The van der Waals surface area contributed by atoms with Crippen molar-refractivity contribution in [3.05, 3.63) is 12.7 Å². The Morgan fingerprint density at radius 3 is 2.83 bits per heavy atom. The lowest BCUT2D eigenvalue weighted by Crippen LogP contribution is -2.39. The predicted octanol–water partition coefficient (Wildman–Crippen LogP) is 4.13. The van der Waals surface area contributed by atoms with Crippen molar-refractivity contribution in [3.63, 3.8) is 0 Å². The quantitative estimate of drug-likeness (QED) is 0.320. The highest BCUT2D eigenvalue weighted by Crippen LogP contribution is 2.18. The van der Waals surface area contributed by atoms with Crippen LogP contribution < -0.4 is 0 Å². The van der Waals surface area contributed by atoms with Gasteiger partial charge in [0.1, 0.15) is 0 Å². The monoisotopic (exact) mass is 389 g/mol. The molecule has 1 fully saturated rings. The molecule has 0 aromatic rings. The maximum absolute atomic E-state index is 12.5. The number of carbonyl (C=O) groups excluding carboxylic acids is 1. The average molecular weight is 390 g/mol. The molecular formula is C18H32BrNO3. The Bertz CT molecular complexity index is 351. The van der Waals surface area contributed by atoms with Crippen LogP contribution in [-0.4, -0.2) is 48.2 Å². The molecule has 0 N–H and O–H groups in total. The van der Waals surface area contributed by atoms with Crippen molar-refractivity contribution in [3.8, 4) is 0 Å². The van der Waals surface area contributed by atoms with E-state index < -0.39 is 0 Å². The first-order valence-corrected chi connectivity index (χ1v) is 9.80. The minimum absolute atomic E-state index is 0.105. The first kappa shape index (κ1) is 20.7. The number of ether oxygens (including phenoxy) is 2. The number of hydrogen-bond acceptors (Lipinski definition) is 3. The highest BCUT2D eigenvalue weighted by Gasteiger charge is 2.23. The van der Waals surface area contributed by atoms with E-state index >= 15 is 0 Å². The van der Waals surface area contributed by atoms with Crippen molar-refractivity contribution >= 4 is 21.8 Å². The van der Waals surface area contributed by atoms with E-state index in [0.29, 0.717) is 12.5 Å². The van der Waals surface area contributed by atoms with Gasteiger partial charge in [-0.25, -0.2) is 0 Å². The molecular weight excluding hydrogens is 358 g/mol. The molecule has 0 aliphatic carbocycles. The van der Waals surface area contributed by atoms with E-state index in [4.69, 9.17) is 9.47 Å². The van der Waals surface area contributed by atoms with Crippen molar-refractivity contribution in [2.75, 3.05) is 26.3 Å². The maximum Gasteiger partial charge on any atom is 0.236 e. The lowest BCUT2D eigenvalue weighted by Gasteiger charge is -2.26. The van der Waals surface area contributed by atoms with Crippen LogP contribution in [0.4, 0.5) is 0 Å². The highest BCUT2D eigenvalue weighted by molar-refractivity contribution is 9.10. The molecule has 1 aliphatic heterocycles. The molecule has 3 atom stereocenters. The van der Waals surface area contributed by atoms with Gasteiger partial charge in [0.25, 0.3) is 0 Å². The van der Waals surface area contributed by atoms with E-state index in [0.717, 1.165) is 58.3 Å². The molecule has 5 heteroatoms. The van der Waals surface area contributed by atoms with Gasteiger partial charge in [0.15, 0.2) is 6.29 Å². The summed E-state index contributed by atoms with van der Waals surface area (Å²) >= 11 is 3.47. The summed E-state index contributed by atoms with van der Waals surface area (Å²) in [6, 6.07) is 0. The van der Waals surface area contributed by atoms with Gasteiger partial charge in [-0.2, -0.15) is 0 Å². The van der Waals surface area contributed by atoms with Crippen molar-refractivity contribution in [2.24, 2.45) is 5.92 Å². The third-order valence-electron chi connectivity index (χ3n) is 4.33. The molecule has 1 amide bonds. The molecule has 0 radical (unpaired) electrons. The molecule has 0 saturated carbocycles. The van der Waals surface area contributed by atoms with Crippen LogP contribution in [0.15, 0.2) is 12.7 Å². The topological polar surface area (TPSA) is 38.8 Å². The normalized spacial score (nSPS) is 23.1. The van der Waals surface area contributed by atoms with Crippen molar-refractivity contribution < 1.29 is 14.3 Å². The van der Waals surface area contributed by atoms with E-state index in [1.807, 2.05) is 17.9 Å². The molecule has 0 aromatic heterocycles. The number of carbonyl (C=O) groups is 1. The molecule has 4 nitrogen and oxygen atoms in total. The Balaban J connectivity index is 2.48. The molecule has 3 unspecified atom stereocenters. The van der Waals surface area contributed by atoms with Gasteiger partial charge in [0.2, 0.25) is 5.91 Å². The third kappa shape index (κ3) is 7.81. The standard InChI is InChI=1S/C18H32BrNO3/c1-4-7-8-11-20(18(21)16(19)6-3)12-9-17-22-13-10-15(5-2)14-23-17/h4,15-17H,1,5-14H2,2-3H3. The summed E-state index contributed by atoms with van der Waals surface area (Å²) in [4.78, 5) is 14.3. The zero-order valence-electron chi connectivity index (χ0n) is 14.6. The maximum atomic E-state index is 12.5. The second-order valence-corrected chi connectivity index (χ2v) is 7.22. The summed E-state index contributed by atoms with van der Waals surface area (Å²) in [6.07, 6.45) is 7.32. The van der Waals surface area contributed by atoms with Crippen LogP contribution in [0, 0.1) is 5.92 Å². The first-order valence-electron chi connectivity index (χ1n) is 8.89. The van der Waals surface area contributed by atoms with Crippen LogP contribution in [0.25, 0.3) is 0 Å². The summed E-state index contributed by atoms with van der Waals surface area (Å²) < 4.78 is 11.7. The Labute approximate surface area is 149 Å². The fraction of sp³-hybridized carbons (Fsp3) is 0.833. The van der Waals surface area contributed by atoms with Gasteiger partial charge in [-0.15, -0.1) is 6.58 Å². The van der Waals surface area contributed by atoms with Gasteiger partial charge in [-0.1, -0.05) is 42.3 Å². The molecule has 0 spiro atoms. The minimum Gasteiger partial charge on any atom is -0.353 e. The van der Waals surface area contributed by atoms with Gasteiger partial charge >= 0.3 is 0 Å². The second-order valence-electron chi connectivity index (χ2n) is 6.12. The molecule has 134 valence electrons. The van der Waals surface area contributed by atoms with Gasteiger partial charge in [0, 0.05) is 19.5 Å². The lowest BCUT2D eigenvalue weighted by atomic mass is 10.1. The number of allylic oxidation sites excluding steroid dienone is 1. The number of halogens is 1. The van der Waals surface area contributed by atoms with Crippen molar-refractivity contribution in [2.45, 2.75) is 63.5 Å². The highest BCUT2D eigenvalue weighted by atomic mass is 79.9. The third-order valence-corrected chi connectivity index (χ3v) is 5.37. The zero-order chi connectivity index (χ0) is 17.1. The summed E-state index contributed by atoms with van der Waals surface area (Å²) in [6.45, 7) is 10.9. The Hall–Kier alpha value is -0.390. The number of hydrogen-bond donors (Lipinski definition) is 0. The number of rotatable bonds is 10.